The first-order chi connectivity index (χ1) is 10.7. The fourth-order valence-corrected chi connectivity index (χ4v) is 3.72. The van der Waals surface area contributed by atoms with E-state index in [9.17, 15) is 0 Å². The average molecular weight is 306 g/mol. The lowest BCUT2D eigenvalue weighted by atomic mass is 9.93. The summed E-state index contributed by atoms with van der Waals surface area (Å²) < 4.78 is 16.4. The second-order valence-corrected chi connectivity index (χ2v) is 6.14. The molecule has 2 fully saturated rings. The third-order valence-corrected chi connectivity index (χ3v) is 4.94. The zero-order valence-electron chi connectivity index (χ0n) is 13.7. The maximum atomic E-state index is 5.56. The molecule has 0 saturated carbocycles. The molecular formula is C17H26N2O3. The first-order valence-electron chi connectivity index (χ1n) is 7.99. The summed E-state index contributed by atoms with van der Waals surface area (Å²) in [5.74, 6) is 3.21. The van der Waals surface area contributed by atoms with Crippen molar-refractivity contribution < 1.29 is 14.2 Å². The second kappa shape index (κ2) is 6.75. The van der Waals surface area contributed by atoms with Crippen LogP contribution in [0.4, 0.5) is 0 Å². The lowest BCUT2D eigenvalue weighted by molar-refractivity contribution is 0.153. The number of hydrogen-bond acceptors (Lipinski definition) is 5. The molecule has 3 rings (SSSR count). The van der Waals surface area contributed by atoms with Gasteiger partial charge in [-0.1, -0.05) is 0 Å². The van der Waals surface area contributed by atoms with Crippen LogP contribution in [0.1, 0.15) is 18.4 Å². The van der Waals surface area contributed by atoms with Crippen molar-refractivity contribution in [2.24, 2.45) is 5.92 Å². The minimum atomic E-state index is 0.718. The fraction of sp³-hybridized carbons (Fsp3) is 0.647. The van der Waals surface area contributed by atoms with Crippen molar-refractivity contribution in [3.8, 4) is 17.2 Å². The van der Waals surface area contributed by atoms with Crippen LogP contribution in [-0.2, 0) is 6.54 Å². The van der Waals surface area contributed by atoms with Gasteiger partial charge in [0.2, 0.25) is 0 Å². The predicted octanol–water partition coefficient (Wildman–Crippen LogP) is 1.90. The van der Waals surface area contributed by atoms with Gasteiger partial charge in [-0.2, -0.15) is 0 Å². The number of piperidine rings is 1. The molecule has 0 aromatic heterocycles. The molecule has 5 nitrogen and oxygen atoms in total. The van der Waals surface area contributed by atoms with Gasteiger partial charge in [0.1, 0.15) is 17.2 Å². The first kappa shape index (κ1) is 15.4. The number of nitrogens with one attached hydrogen (secondary N) is 1. The van der Waals surface area contributed by atoms with Crippen LogP contribution >= 0.6 is 0 Å². The smallest absolute Gasteiger partial charge is 0.130 e. The van der Waals surface area contributed by atoms with Gasteiger partial charge in [-0.3, -0.25) is 4.90 Å². The third-order valence-electron chi connectivity index (χ3n) is 4.94. The van der Waals surface area contributed by atoms with Crippen LogP contribution in [0.15, 0.2) is 12.1 Å². The Morgan fingerprint density at radius 3 is 2.45 bits per heavy atom. The molecule has 2 saturated heterocycles. The molecule has 22 heavy (non-hydrogen) atoms. The average Bonchev–Trinajstić information content (AvgIpc) is 3.02. The van der Waals surface area contributed by atoms with E-state index in [1.165, 1.54) is 19.4 Å². The van der Waals surface area contributed by atoms with Gasteiger partial charge in [0.25, 0.3) is 0 Å². The van der Waals surface area contributed by atoms with E-state index in [0.29, 0.717) is 0 Å². The quantitative estimate of drug-likeness (QED) is 0.900. The largest absolute Gasteiger partial charge is 0.496 e. The molecule has 2 heterocycles. The summed E-state index contributed by atoms with van der Waals surface area (Å²) in [5.41, 5.74) is 1.11. The molecule has 2 atom stereocenters. The number of nitrogens with zero attached hydrogens (tertiary/aromatic N) is 1. The molecule has 5 heteroatoms. The predicted molar refractivity (Wildman–Crippen MR) is 85.9 cm³/mol. The van der Waals surface area contributed by atoms with E-state index in [-0.39, 0.29) is 0 Å². The Hall–Kier alpha value is -1.46. The molecule has 2 aliphatic heterocycles. The van der Waals surface area contributed by atoms with E-state index in [1.807, 2.05) is 12.1 Å². The topological polar surface area (TPSA) is 43.0 Å². The molecule has 1 N–H and O–H groups in total. The molecule has 0 aliphatic carbocycles. The number of hydrogen-bond donors (Lipinski definition) is 1. The summed E-state index contributed by atoms with van der Waals surface area (Å²) in [4.78, 5) is 2.51. The molecule has 2 unspecified atom stereocenters. The lowest BCUT2D eigenvalue weighted by Gasteiger charge is -2.35. The summed E-state index contributed by atoms with van der Waals surface area (Å²) in [5, 5.41) is 3.61. The van der Waals surface area contributed by atoms with Crippen LogP contribution in [0.3, 0.4) is 0 Å². The molecule has 0 spiro atoms. The van der Waals surface area contributed by atoms with E-state index < -0.39 is 0 Å². The van der Waals surface area contributed by atoms with E-state index >= 15 is 0 Å². The zero-order chi connectivity index (χ0) is 15.5. The molecule has 122 valence electrons. The van der Waals surface area contributed by atoms with Gasteiger partial charge >= 0.3 is 0 Å². The van der Waals surface area contributed by atoms with Crippen LogP contribution in [0, 0.1) is 5.92 Å². The highest BCUT2D eigenvalue weighted by molar-refractivity contribution is 5.50. The van der Waals surface area contributed by atoms with Crippen molar-refractivity contribution in [2.75, 3.05) is 41.0 Å². The van der Waals surface area contributed by atoms with Crippen LogP contribution in [-0.4, -0.2) is 51.9 Å². The van der Waals surface area contributed by atoms with Crippen molar-refractivity contribution in [2.45, 2.75) is 25.4 Å². The Morgan fingerprint density at radius 1 is 1.09 bits per heavy atom. The minimum absolute atomic E-state index is 0.718. The normalized spacial score (nSPS) is 24.9. The van der Waals surface area contributed by atoms with E-state index in [4.69, 9.17) is 14.2 Å². The number of ether oxygens (including phenoxy) is 3. The molecule has 0 radical (unpaired) electrons. The molecule has 1 aromatic carbocycles. The van der Waals surface area contributed by atoms with Gasteiger partial charge in [-0.05, 0) is 31.8 Å². The summed E-state index contributed by atoms with van der Waals surface area (Å²) >= 11 is 0. The summed E-state index contributed by atoms with van der Waals surface area (Å²) in [6.07, 6.45) is 2.52. The third kappa shape index (κ3) is 3.01. The van der Waals surface area contributed by atoms with Gasteiger partial charge in [0.05, 0.1) is 26.9 Å². The van der Waals surface area contributed by atoms with E-state index in [0.717, 1.165) is 54.4 Å². The number of benzene rings is 1. The van der Waals surface area contributed by atoms with Gasteiger partial charge in [0, 0.05) is 31.3 Å². The Balaban J connectivity index is 1.78. The van der Waals surface area contributed by atoms with Crippen LogP contribution < -0.4 is 19.5 Å². The minimum Gasteiger partial charge on any atom is -0.496 e. The van der Waals surface area contributed by atoms with Gasteiger partial charge in [-0.25, -0.2) is 0 Å². The summed E-state index contributed by atoms with van der Waals surface area (Å²) in [6, 6.07) is 4.58. The molecule has 2 aliphatic rings. The van der Waals surface area contributed by atoms with Crippen molar-refractivity contribution in [3.05, 3.63) is 17.7 Å². The number of methoxy groups -OCH3 is 3. The standard InChI is InChI=1S/C17H26N2O3/c1-20-13-8-16(21-2)14(17(9-13)22-3)11-19-7-5-15-12(10-19)4-6-18-15/h8-9,12,15,18H,4-7,10-11H2,1-3H3. The first-order valence-corrected chi connectivity index (χ1v) is 7.99. The number of fused-ring (bicyclic) bond motifs is 1. The maximum Gasteiger partial charge on any atom is 0.130 e. The van der Waals surface area contributed by atoms with Crippen molar-refractivity contribution in [3.63, 3.8) is 0 Å². The Morgan fingerprint density at radius 2 is 1.82 bits per heavy atom. The van der Waals surface area contributed by atoms with Crippen LogP contribution in [0.2, 0.25) is 0 Å². The van der Waals surface area contributed by atoms with Gasteiger partial charge in [0.15, 0.2) is 0 Å². The Labute approximate surface area is 132 Å². The zero-order valence-corrected chi connectivity index (χ0v) is 13.7. The SMILES string of the molecule is COc1cc(OC)c(CN2CCC3NCCC3C2)c(OC)c1. The van der Waals surface area contributed by atoms with E-state index in [1.54, 1.807) is 21.3 Å². The molecular weight excluding hydrogens is 280 g/mol. The number of rotatable bonds is 5. The summed E-state index contributed by atoms with van der Waals surface area (Å²) in [6.45, 7) is 4.29. The van der Waals surface area contributed by atoms with Gasteiger partial charge < -0.3 is 19.5 Å². The van der Waals surface area contributed by atoms with Crippen molar-refractivity contribution in [1.29, 1.82) is 0 Å². The van der Waals surface area contributed by atoms with Crippen LogP contribution in [0.25, 0.3) is 0 Å². The van der Waals surface area contributed by atoms with Crippen LogP contribution in [0.5, 0.6) is 17.2 Å². The lowest BCUT2D eigenvalue weighted by Crippen LogP contribution is -2.44. The maximum absolute atomic E-state index is 5.56. The fourth-order valence-electron chi connectivity index (χ4n) is 3.72. The Kier molecular flexibility index (Phi) is 4.74. The molecule has 0 bridgehead atoms. The van der Waals surface area contributed by atoms with E-state index in [2.05, 4.69) is 10.2 Å². The van der Waals surface area contributed by atoms with Gasteiger partial charge in [-0.15, -0.1) is 0 Å². The second-order valence-electron chi connectivity index (χ2n) is 6.14. The highest BCUT2D eigenvalue weighted by Crippen LogP contribution is 2.36. The van der Waals surface area contributed by atoms with Crippen molar-refractivity contribution in [1.82, 2.24) is 10.2 Å². The number of likely N-dealkylation sites (tertiary alicyclic amines) is 1. The highest BCUT2D eigenvalue weighted by Gasteiger charge is 2.33. The Bertz CT molecular complexity index is 496. The highest BCUT2D eigenvalue weighted by atomic mass is 16.5. The monoisotopic (exact) mass is 306 g/mol. The summed E-state index contributed by atoms with van der Waals surface area (Å²) in [7, 11) is 5.06. The molecule has 1 aromatic rings. The molecule has 0 amide bonds. The van der Waals surface area contributed by atoms with Crippen molar-refractivity contribution >= 4 is 0 Å².